The van der Waals surface area contributed by atoms with Crippen molar-refractivity contribution in [3.05, 3.63) is 24.6 Å². The smallest absolute Gasteiger partial charge is 0.181 e. The zero-order valence-corrected chi connectivity index (χ0v) is 7.64. The third-order valence-electron chi connectivity index (χ3n) is 1.87. The Balaban J connectivity index is 2.10. The highest BCUT2D eigenvalue weighted by Gasteiger charge is 2.00. The molecule has 1 heterocycles. The minimum Gasteiger partial charge on any atom is -0.493 e. The first-order valence-electron chi connectivity index (χ1n) is 4.47. The van der Waals surface area contributed by atoms with Crippen LogP contribution in [0, 0.1) is 0 Å². The van der Waals surface area contributed by atoms with E-state index in [1.54, 1.807) is 0 Å². The zero-order valence-electron chi connectivity index (χ0n) is 7.64. The van der Waals surface area contributed by atoms with E-state index >= 15 is 0 Å². The summed E-state index contributed by atoms with van der Waals surface area (Å²) in [5.41, 5.74) is 1.53. The summed E-state index contributed by atoms with van der Waals surface area (Å²) in [5, 5.41) is 8.58. The van der Waals surface area contributed by atoms with Crippen LogP contribution in [-0.2, 0) is 0 Å². The summed E-state index contributed by atoms with van der Waals surface area (Å²) in [4.78, 5) is 4.01. The lowest BCUT2D eigenvalue weighted by Crippen LogP contribution is -1.99. The molecule has 4 heteroatoms. The number of rotatable bonds is 4. The fourth-order valence-corrected chi connectivity index (χ4v) is 1.18. The molecule has 0 amide bonds. The number of aliphatic hydroxyl groups excluding tert-OH is 1. The maximum absolute atomic E-state index is 8.58. The quantitative estimate of drug-likeness (QED) is 0.749. The third-order valence-corrected chi connectivity index (χ3v) is 1.87. The Morgan fingerprint density at radius 1 is 1.43 bits per heavy atom. The van der Waals surface area contributed by atoms with Gasteiger partial charge in [-0.1, -0.05) is 0 Å². The standard InChI is InChI=1S/C10H11NO3/c12-4-1-5-13-8-2-3-10-9(6-8)11-7-14-10/h2-3,6-7,12H,1,4-5H2. The Kier molecular flexibility index (Phi) is 2.65. The first kappa shape index (κ1) is 9.02. The van der Waals surface area contributed by atoms with Crippen molar-refractivity contribution in [2.75, 3.05) is 13.2 Å². The number of aliphatic hydroxyl groups is 1. The van der Waals surface area contributed by atoms with E-state index in [0.717, 1.165) is 16.8 Å². The lowest BCUT2D eigenvalue weighted by atomic mass is 10.3. The highest BCUT2D eigenvalue weighted by molar-refractivity contribution is 5.73. The summed E-state index contributed by atoms with van der Waals surface area (Å²) in [7, 11) is 0. The van der Waals surface area contributed by atoms with Crippen LogP contribution < -0.4 is 4.74 Å². The summed E-state index contributed by atoms with van der Waals surface area (Å²) in [6.45, 7) is 0.659. The Morgan fingerprint density at radius 2 is 2.36 bits per heavy atom. The van der Waals surface area contributed by atoms with Gasteiger partial charge in [-0.15, -0.1) is 0 Å². The average molecular weight is 193 g/mol. The molecule has 4 nitrogen and oxygen atoms in total. The normalized spacial score (nSPS) is 10.6. The summed E-state index contributed by atoms with van der Waals surface area (Å²) >= 11 is 0. The highest BCUT2D eigenvalue weighted by Crippen LogP contribution is 2.19. The summed E-state index contributed by atoms with van der Waals surface area (Å²) in [6, 6.07) is 5.46. The van der Waals surface area contributed by atoms with Gasteiger partial charge < -0.3 is 14.3 Å². The van der Waals surface area contributed by atoms with Gasteiger partial charge in [0.15, 0.2) is 12.0 Å². The van der Waals surface area contributed by atoms with Crippen LogP contribution in [-0.4, -0.2) is 23.3 Å². The van der Waals surface area contributed by atoms with Crippen molar-refractivity contribution in [3.8, 4) is 5.75 Å². The molecule has 0 radical (unpaired) electrons. The Morgan fingerprint density at radius 3 is 3.21 bits per heavy atom. The van der Waals surface area contributed by atoms with Gasteiger partial charge in [0.1, 0.15) is 11.3 Å². The molecule has 0 atom stereocenters. The molecule has 1 N–H and O–H groups in total. The van der Waals surface area contributed by atoms with E-state index in [1.807, 2.05) is 18.2 Å². The summed E-state index contributed by atoms with van der Waals surface area (Å²) < 4.78 is 10.5. The van der Waals surface area contributed by atoms with Crippen molar-refractivity contribution in [1.29, 1.82) is 0 Å². The van der Waals surface area contributed by atoms with Crippen LogP contribution in [0.2, 0.25) is 0 Å². The van der Waals surface area contributed by atoms with Gasteiger partial charge >= 0.3 is 0 Å². The number of oxazole rings is 1. The van der Waals surface area contributed by atoms with E-state index in [4.69, 9.17) is 14.3 Å². The van der Waals surface area contributed by atoms with Crippen molar-refractivity contribution in [2.24, 2.45) is 0 Å². The molecule has 0 aliphatic heterocycles. The van der Waals surface area contributed by atoms with Crippen LogP contribution in [0.3, 0.4) is 0 Å². The second-order valence-corrected chi connectivity index (χ2v) is 2.91. The van der Waals surface area contributed by atoms with Crippen LogP contribution in [0.4, 0.5) is 0 Å². The molecule has 0 fully saturated rings. The second-order valence-electron chi connectivity index (χ2n) is 2.91. The van der Waals surface area contributed by atoms with E-state index in [-0.39, 0.29) is 6.61 Å². The van der Waals surface area contributed by atoms with Crippen LogP contribution in [0.1, 0.15) is 6.42 Å². The lowest BCUT2D eigenvalue weighted by molar-refractivity contribution is 0.233. The molecule has 14 heavy (non-hydrogen) atoms. The van der Waals surface area contributed by atoms with Gasteiger partial charge in [-0.2, -0.15) is 0 Å². The molecule has 0 aliphatic carbocycles. The Bertz CT molecular complexity index is 410. The van der Waals surface area contributed by atoms with Crippen LogP contribution in [0.5, 0.6) is 5.75 Å². The number of aromatic nitrogens is 1. The predicted octanol–water partition coefficient (Wildman–Crippen LogP) is 1.59. The Labute approximate surface area is 81.1 Å². The predicted molar refractivity (Wildman–Crippen MR) is 51.2 cm³/mol. The van der Waals surface area contributed by atoms with Crippen molar-refractivity contribution in [1.82, 2.24) is 4.98 Å². The fraction of sp³-hybridized carbons (Fsp3) is 0.300. The average Bonchev–Trinajstić information content (AvgIpc) is 2.65. The van der Waals surface area contributed by atoms with E-state index < -0.39 is 0 Å². The van der Waals surface area contributed by atoms with Gasteiger partial charge in [0.05, 0.1) is 6.61 Å². The van der Waals surface area contributed by atoms with Crippen molar-refractivity contribution < 1.29 is 14.3 Å². The van der Waals surface area contributed by atoms with Crippen LogP contribution >= 0.6 is 0 Å². The number of hydrogen-bond acceptors (Lipinski definition) is 4. The number of benzene rings is 1. The van der Waals surface area contributed by atoms with Gasteiger partial charge in [-0.3, -0.25) is 0 Å². The zero-order chi connectivity index (χ0) is 9.80. The first-order valence-corrected chi connectivity index (χ1v) is 4.47. The van der Waals surface area contributed by atoms with Crippen molar-refractivity contribution in [2.45, 2.75) is 6.42 Å². The van der Waals surface area contributed by atoms with E-state index in [2.05, 4.69) is 4.98 Å². The molecule has 1 aromatic carbocycles. The third kappa shape index (κ3) is 1.85. The van der Waals surface area contributed by atoms with Crippen molar-refractivity contribution >= 4 is 11.1 Å². The van der Waals surface area contributed by atoms with Gasteiger partial charge in [0.2, 0.25) is 0 Å². The molecular formula is C10H11NO3. The largest absolute Gasteiger partial charge is 0.493 e. The molecule has 0 saturated carbocycles. The van der Waals surface area contributed by atoms with E-state index in [0.29, 0.717) is 13.0 Å². The fourth-order valence-electron chi connectivity index (χ4n) is 1.18. The van der Waals surface area contributed by atoms with E-state index in [1.165, 1.54) is 6.39 Å². The van der Waals surface area contributed by atoms with Gasteiger partial charge in [-0.25, -0.2) is 4.98 Å². The van der Waals surface area contributed by atoms with E-state index in [9.17, 15) is 0 Å². The molecule has 0 aliphatic rings. The molecule has 1 aromatic heterocycles. The molecule has 2 aromatic rings. The molecule has 0 bridgehead atoms. The summed E-state index contributed by atoms with van der Waals surface area (Å²) in [6.07, 6.45) is 2.04. The van der Waals surface area contributed by atoms with Gasteiger partial charge in [0, 0.05) is 19.1 Å². The molecule has 0 unspecified atom stereocenters. The van der Waals surface area contributed by atoms with Crippen LogP contribution in [0.15, 0.2) is 29.0 Å². The minimum absolute atomic E-state index is 0.145. The molecule has 0 spiro atoms. The van der Waals surface area contributed by atoms with Crippen LogP contribution in [0.25, 0.3) is 11.1 Å². The van der Waals surface area contributed by atoms with Gasteiger partial charge in [-0.05, 0) is 12.1 Å². The lowest BCUT2D eigenvalue weighted by Gasteiger charge is -2.03. The Hall–Kier alpha value is -1.55. The number of nitrogens with zero attached hydrogens (tertiary/aromatic N) is 1. The molecule has 0 saturated heterocycles. The number of fused-ring (bicyclic) bond motifs is 1. The number of hydrogen-bond donors (Lipinski definition) is 1. The molecule has 2 rings (SSSR count). The first-order chi connectivity index (χ1) is 6.90. The summed E-state index contributed by atoms with van der Waals surface area (Å²) in [5.74, 6) is 0.750. The SMILES string of the molecule is OCCCOc1ccc2ocnc2c1. The maximum atomic E-state index is 8.58. The van der Waals surface area contributed by atoms with Crippen molar-refractivity contribution in [3.63, 3.8) is 0 Å². The highest BCUT2D eigenvalue weighted by atomic mass is 16.5. The van der Waals surface area contributed by atoms with Gasteiger partial charge in [0.25, 0.3) is 0 Å². The topological polar surface area (TPSA) is 55.5 Å². The molecule has 74 valence electrons. The molecular weight excluding hydrogens is 182 g/mol. The monoisotopic (exact) mass is 193 g/mol. The minimum atomic E-state index is 0.145. The maximum Gasteiger partial charge on any atom is 0.181 e. The number of ether oxygens (including phenoxy) is 1. The second kappa shape index (κ2) is 4.11.